The molecule has 0 bridgehead atoms. The fourth-order valence-electron chi connectivity index (χ4n) is 0.904. The molecule has 1 amide bonds. The molecule has 1 N–H and O–H groups in total. The first-order chi connectivity index (χ1) is 3.89. The van der Waals surface area contributed by atoms with Crippen molar-refractivity contribution < 1.29 is 4.79 Å². The second-order valence-electron chi connectivity index (χ2n) is 2.16. The zero-order valence-corrected chi connectivity index (χ0v) is 4.94. The molecule has 1 aliphatic heterocycles. The monoisotopic (exact) mass is 155 g/mol. The zero-order valence-electron chi connectivity index (χ0n) is 4.94. The molecule has 9 heavy (non-hydrogen) atoms. The first-order valence-corrected chi connectivity index (χ1v) is 3.16. The van der Waals surface area contributed by atoms with E-state index in [0.29, 0.717) is 0 Å². The van der Waals surface area contributed by atoms with E-state index >= 15 is 0 Å². The second kappa shape index (κ2) is 5.51. The fraction of sp³-hybridized carbons (Fsp3) is 0.833. The van der Waals surface area contributed by atoms with Gasteiger partial charge in [0.15, 0.2) is 0 Å². The van der Waals surface area contributed by atoms with Crippen LogP contribution in [0.2, 0.25) is 0 Å². The number of hydrogen-bond donors (Lipinski definition) is 1. The number of nitrogens with one attached hydrogen (secondary N) is 1. The van der Waals surface area contributed by atoms with Crippen LogP contribution in [-0.4, -0.2) is 50.2 Å². The van der Waals surface area contributed by atoms with Crippen molar-refractivity contribution in [1.82, 2.24) is 5.32 Å². The summed E-state index contributed by atoms with van der Waals surface area (Å²) < 4.78 is 0. The maximum absolute atomic E-state index is 10.6. The van der Waals surface area contributed by atoms with Crippen LogP contribution in [0, 0.1) is 0 Å². The van der Waals surface area contributed by atoms with Gasteiger partial charge in [-0.3, -0.25) is 4.79 Å². The Hall–Kier alpha value is 0.730. The Morgan fingerprint density at radius 1 is 1.22 bits per heavy atom. The predicted octanol–water partition coefficient (Wildman–Crippen LogP) is -0.240. The molecule has 0 aromatic carbocycles. The standard InChI is InChI=1S/C6H11NO.Ca.2H/c8-6-4-2-1-3-5-7-6;;;/h1-5H2,(H,7,8);;;. The molecule has 0 saturated carbocycles. The summed E-state index contributed by atoms with van der Waals surface area (Å²) in [5.74, 6) is 0.225. The third-order valence-electron chi connectivity index (χ3n) is 1.40. The fourth-order valence-corrected chi connectivity index (χ4v) is 0.904. The van der Waals surface area contributed by atoms with Gasteiger partial charge in [-0.1, -0.05) is 6.42 Å². The Bertz CT molecular complexity index is 85.1. The van der Waals surface area contributed by atoms with Crippen LogP contribution in [0.25, 0.3) is 0 Å². The van der Waals surface area contributed by atoms with E-state index in [-0.39, 0.29) is 43.6 Å². The SMILES string of the molecule is O=C1CCCCCN1.[CaH2]. The van der Waals surface area contributed by atoms with Gasteiger partial charge in [0.1, 0.15) is 0 Å². The Morgan fingerprint density at radius 3 is 2.78 bits per heavy atom. The van der Waals surface area contributed by atoms with E-state index in [2.05, 4.69) is 5.32 Å². The summed E-state index contributed by atoms with van der Waals surface area (Å²) in [4.78, 5) is 10.6. The van der Waals surface area contributed by atoms with E-state index in [4.69, 9.17) is 0 Å². The summed E-state index contributed by atoms with van der Waals surface area (Å²) in [5.41, 5.74) is 0. The van der Waals surface area contributed by atoms with Crippen LogP contribution in [0.4, 0.5) is 0 Å². The van der Waals surface area contributed by atoms with Gasteiger partial charge in [0.2, 0.25) is 5.91 Å². The van der Waals surface area contributed by atoms with E-state index in [9.17, 15) is 4.79 Å². The number of hydrogen-bond acceptors (Lipinski definition) is 1. The number of amides is 1. The van der Waals surface area contributed by atoms with Gasteiger partial charge in [-0.05, 0) is 12.8 Å². The predicted molar refractivity (Wildman–Crippen MR) is 40.0 cm³/mol. The molecule has 0 unspecified atom stereocenters. The summed E-state index contributed by atoms with van der Waals surface area (Å²) in [7, 11) is 0. The van der Waals surface area contributed by atoms with Crippen molar-refractivity contribution in [2.24, 2.45) is 0 Å². The molecule has 0 atom stereocenters. The third-order valence-corrected chi connectivity index (χ3v) is 1.40. The van der Waals surface area contributed by atoms with Crippen LogP contribution in [0.1, 0.15) is 25.7 Å². The molecule has 2 nitrogen and oxygen atoms in total. The minimum atomic E-state index is 0. The summed E-state index contributed by atoms with van der Waals surface area (Å²) in [6, 6.07) is 0. The normalized spacial score (nSPS) is 19.3. The van der Waals surface area contributed by atoms with Crippen molar-refractivity contribution in [1.29, 1.82) is 0 Å². The molecule has 3 heteroatoms. The average molecular weight is 155 g/mol. The van der Waals surface area contributed by atoms with Crippen molar-refractivity contribution in [3.8, 4) is 0 Å². The number of carbonyl (C=O) groups excluding carboxylic acids is 1. The Kier molecular flexibility index (Phi) is 5.96. The molecule has 0 aliphatic carbocycles. The quantitative estimate of drug-likeness (QED) is 0.481. The van der Waals surface area contributed by atoms with E-state index in [1.807, 2.05) is 0 Å². The van der Waals surface area contributed by atoms with Gasteiger partial charge in [-0.25, -0.2) is 0 Å². The topological polar surface area (TPSA) is 29.1 Å². The molecule has 1 heterocycles. The third kappa shape index (κ3) is 4.18. The maximum atomic E-state index is 10.6. The van der Waals surface area contributed by atoms with E-state index < -0.39 is 0 Å². The van der Waals surface area contributed by atoms with Gasteiger partial charge in [0, 0.05) is 13.0 Å². The van der Waals surface area contributed by atoms with Crippen molar-refractivity contribution in [3.63, 3.8) is 0 Å². The van der Waals surface area contributed by atoms with Crippen molar-refractivity contribution in [2.75, 3.05) is 6.54 Å². The number of rotatable bonds is 0. The Morgan fingerprint density at radius 2 is 2.00 bits per heavy atom. The van der Waals surface area contributed by atoms with Crippen molar-refractivity contribution >= 4 is 43.6 Å². The number of carbonyl (C=O) groups is 1. The zero-order chi connectivity index (χ0) is 5.82. The molecule has 1 aliphatic rings. The van der Waals surface area contributed by atoms with Crippen LogP contribution in [0.5, 0.6) is 0 Å². The van der Waals surface area contributed by atoms with Crippen LogP contribution < -0.4 is 5.32 Å². The van der Waals surface area contributed by atoms with Crippen LogP contribution >= 0.6 is 0 Å². The molecule has 0 spiro atoms. The summed E-state index contributed by atoms with van der Waals surface area (Å²) >= 11 is 0. The van der Waals surface area contributed by atoms with Gasteiger partial charge >= 0.3 is 37.7 Å². The second-order valence-corrected chi connectivity index (χ2v) is 2.16. The van der Waals surface area contributed by atoms with Gasteiger partial charge in [-0.2, -0.15) is 0 Å². The van der Waals surface area contributed by atoms with Gasteiger partial charge in [0.05, 0.1) is 0 Å². The first kappa shape index (κ1) is 9.73. The van der Waals surface area contributed by atoms with E-state index in [0.717, 1.165) is 25.8 Å². The molecule has 0 aromatic rings. The molecule has 1 fully saturated rings. The molecule has 50 valence electrons. The Balaban J connectivity index is 0.000000640. The van der Waals surface area contributed by atoms with Gasteiger partial charge in [-0.15, -0.1) is 0 Å². The molecule has 0 radical (unpaired) electrons. The van der Waals surface area contributed by atoms with E-state index in [1.165, 1.54) is 6.42 Å². The van der Waals surface area contributed by atoms with E-state index in [1.54, 1.807) is 0 Å². The van der Waals surface area contributed by atoms with Crippen molar-refractivity contribution in [3.05, 3.63) is 0 Å². The summed E-state index contributed by atoms with van der Waals surface area (Å²) in [6.07, 6.45) is 4.18. The average Bonchev–Trinajstić information content (AvgIpc) is 1.94. The van der Waals surface area contributed by atoms with Gasteiger partial charge in [0.25, 0.3) is 0 Å². The van der Waals surface area contributed by atoms with Crippen LogP contribution in [-0.2, 0) is 4.79 Å². The van der Waals surface area contributed by atoms with Crippen LogP contribution in [0.15, 0.2) is 0 Å². The molecular weight excluding hydrogens is 142 g/mol. The summed E-state index contributed by atoms with van der Waals surface area (Å²) in [6.45, 7) is 0.888. The first-order valence-electron chi connectivity index (χ1n) is 3.16. The molecule has 1 rings (SSSR count). The molecule has 0 aromatic heterocycles. The Labute approximate surface area is 85.4 Å². The van der Waals surface area contributed by atoms with Crippen LogP contribution in [0.3, 0.4) is 0 Å². The minimum absolute atomic E-state index is 0. The molecule has 1 saturated heterocycles. The molecular formula is C6H13CaNO. The van der Waals surface area contributed by atoms with Crippen molar-refractivity contribution in [2.45, 2.75) is 25.7 Å². The summed E-state index contributed by atoms with van der Waals surface area (Å²) in [5, 5.41) is 2.81. The van der Waals surface area contributed by atoms with Gasteiger partial charge < -0.3 is 5.32 Å².